The van der Waals surface area contributed by atoms with Crippen molar-refractivity contribution in [2.75, 3.05) is 0 Å². The summed E-state index contributed by atoms with van der Waals surface area (Å²) in [6, 6.07) is 10.5. The fourth-order valence-electron chi connectivity index (χ4n) is 3.57. The first-order valence-electron chi connectivity index (χ1n) is 9.11. The topological polar surface area (TPSA) is 44.2 Å². The van der Waals surface area contributed by atoms with Gasteiger partial charge in [0.1, 0.15) is 18.6 Å². The summed E-state index contributed by atoms with van der Waals surface area (Å²) in [6.07, 6.45) is -0.987. The first kappa shape index (κ1) is 21.8. The van der Waals surface area contributed by atoms with Crippen LogP contribution in [-0.4, -0.2) is 10.5 Å². The lowest BCUT2D eigenvalue weighted by molar-refractivity contribution is -0.693. The van der Waals surface area contributed by atoms with Gasteiger partial charge in [0.25, 0.3) is 5.82 Å². The second-order valence-corrected chi connectivity index (χ2v) is 6.87. The van der Waals surface area contributed by atoms with E-state index in [2.05, 4.69) is 9.56 Å². The highest BCUT2D eigenvalue weighted by atomic mass is 35.5. The van der Waals surface area contributed by atoms with Crippen molar-refractivity contribution in [3.8, 4) is 11.3 Å². The average molecular weight is 440 g/mol. The van der Waals surface area contributed by atoms with Gasteiger partial charge in [-0.05, 0) is 48.9 Å². The van der Waals surface area contributed by atoms with Gasteiger partial charge in [0.05, 0.1) is 24.2 Å². The Morgan fingerprint density at radius 2 is 1.87 bits per heavy atom. The fourth-order valence-corrected chi connectivity index (χ4v) is 3.57. The van der Waals surface area contributed by atoms with E-state index in [0.717, 1.165) is 48.6 Å². The minimum absolute atomic E-state index is 0. The van der Waals surface area contributed by atoms with Crippen molar-refractivity contribution in [2.45, 2.75) is 32.1 Å². The number of aliphatic imine (C=N–C) groups is 1. The van der Waals surface area contributed by atoms with E-state index in [9.17, 15) is 22.7 Å². The summed E-state index contributed by atoms with van der Waals surface area (Å²) < 4.78 is 55.6. The van der Waals surface area contributed by atoms with E-state index in [0.29, 0.717) is 0 Å². The van der Waals surface area contributed by atoms with E-state index in [1.807, 2.05) is 0 Å². The van der Waals surface area contributed by atoms with Crippen LogP contribution in [0.5, 0.6) is 0 Å². The van der Waals surface area contributed by atoms with Crippen molar-refractivity contribution in [3.63, 3.8) is 0 Å². The number of imidazole rings is 1. The molecule has 1 aliphatic rings. The third-order valence-corrected chi connectivity index (χ3v) is 4.87. The molecule has 158 valence electrons. The zero-order valence-electron chi connectivity index (χ0n) is 15.7. The molecular formula is C21H18ClF4N3O. The van der Waals surface area contributed by atoms with Gasteiger partial charge in [-0.1, -0.05) is 6.07 Å². The molecule has 2 heterocycles. The minimum atomic E-state index is -4.49. The van der Waals surface area contributed by atoms with Gasteiger partial charge >= 0.3 is 6.18 Å². The molecule has 1 aliphatic heterocycles. The van der Waals surface area contributed by atoms with Crippen LogP contribution in [0.15, 0.2) is 59.7 Å². The SMILES string of the molecule is Cl.[O-]C(C[n+]1cc(-c2ccc(F)cc2)n2c1CCC2)=Nc1cccc(C(F)(F)F)c1. The minimum Gasteiger partial charge on any atom is -0.859 e. The normalized spacial score (nSPS) is 13.8. The van der Waals surface area contributed by atoms with Crippen LogP contribution in [0.3, 0.4) is 0 Å². The maximum Gasteiger partial charge on any atom is 0.416 e. The maximum atomic E-state index is 13.2. The summed E-state index contributed by atoms with van der Waals surface area (Å²) >= 11 is 0. The Hall–Kier alpha value is -2.87. The molecule has 1 aromatic heterocycles. The van der Waals surface area contributed by atoms with Crippen molar-refractivity contribution >= 4 is 24.0 Å². The Morgan fingerprint density at radius 3 is 2.57 bits per heavy atom. The second-order valence-electron chi connectivity index (χ2n) is 6.87. The molecule has 0 amide bonds. The van der Waals surface area contributed by atoms with Gasteiger partial charge in [0.2, 0.25) is 0 Å². The summed E-state index contributed by atoms with van der Waals surface area (Å²) in [5.74, 6) is 0.0714. The van der Waals surface area contributed by atoms with E-state index in [1.165, 1.54) is 24.3 Å². The summed E-state index contributed by atoms with van der Waals surface area (Å²) in [5.41, 5.74) is 0.822. The number of rotatable bonds is 4. The molecule has 0 fully saturated rings. The van der Waals surface area contributed by atoms with Crippen molar-refractivity contribution < 1.29 is 27.2 Å². The highest BCUT2D eigenvalue weighted by Crippen LogP contribution is 2.31. The number of hydrogen-bond acceptors (Lipinski definition) is 2. The highest BCUT2D eigenvalue weighted by Gasteiger charge is 2.30. The molecule has 0 bridgehead atoms. The van der Waals surface area contributed by atoms with Gasteiger partial charge in [-0.3, -0.25) is 4.99 Å². The summed E-state index contributed by atoms with van der Waals surface area (Å²) in [7, 11) is 0. The van der Waals surface area contributed by atoms with E-state index in [1.54, 1.807) is 22.9 Å². The fraction of sp³-hybridized carbons (Fsp3) is 0.238. The quantitative estimate of drug-likeness (QED) is 0.262. The molecule has 0 N–H and O–H groups in total. The molecule has 0 aliphatic carbocycles. The second kappa shape index (κ2) is 8.47. The van der Waals surface area contributed by atoms with E-state index < -0.39 is 17.6 Å². The number of fused-ring (bicyclic) bond motifs is 1. The van der Waals surface area contributed by atoms with Crippen molar-refractivity contribution in [1.29, 1.82) is 0 Å². The van der Waals surface area contributed by atoms with Crippen LogP contribution in [0.25, 0.3) is 11.3 Å². The van der Waals surface area contributed by atoms with Crippen LogP contribution >= 0.6 is 12.4 Å². The van der Waals surface area contributed by atoms with Crippen LogP contribution < -0.4 is 9.67 Å². The molecule has 3 aromatic rings. The molecule has 30 heavy (non-hydrogen) atoms. The van der Waals surface area contributed by atoms with Crippen molar-refractivity contribution in [2.24, 2.45) is 4.99 Å². The molecule has 2 aromatic carbocycles. The molecule has 0 radical (unpaired) electrons. The Morgan fingerprint density at radius 1 is 1.13 bits per heavy atom. The summed E-state index contributed by atoms with van der Waals surface area (Å²) in [6.45, 7) is 0.709. The molecule has 0 atom stereocenters. The molecule has 0 spiro atoms. The van der Waals surface area contributed by atoms with Gasteiger partial charge in [-0.15, -0.1) is 12.4 Å². The van der Waals surface area contributed by atoms with Gasteiger partial charge in [-0.2, -0.15) is 13.2 Å². The number of alkyl halides is 3. The average Bonchev–Trinajstić information content (AvgIpc) is 3.26. The molecule has 0 saturated heterocycles. The van der Waals surface area contributed by atoms with Crippen molar-refractivity contribution in [1.82, 2.24) is 4.57 Å². The predicted octanol–water partition coefficient (Wildman–Crippen LogP) is 4.06. The lowest BCUT2D eigenvalue weighted by Crippen LogP contribution is -2.43. The number of halogens is 5. The Kier molecular flexibility index (Phi) is 6.17. The monoisotopic (exact) mass is 439 g/mol. The molecule has 0 saturated carbocycles. The largest absolute Gasteiger partial charge is 0.859 e. The van der Waals surface area contributed by atoms with Crippen LogP contribution in [0.4, 0.5) is 23.2 Å². The molecule has 4 nitrogen and oxygen atoms in total. The lowest BCUT2D eigenvalue weighted by Gasteiger charge is -2.10. The molecule has 4 rings (SSSR count). The summed E-state index contributed by atoms with van der Waals surface area (Å²) in [5, 5.41) is 12.4. The maximum absolute atomic E-state index is 13.2. The van der Waals surface area contributed by atoms with Crippen LogP contribution in [0, 0.1) is 5.82 Å². The number of nitrogens with zero attached hydrogens (tertiary/aromatic N) is 3. The predicted molar refractivity (Wildman–Crippen MR) is 104 cm³/mol. The van der Waals surface area contributed by atoms with E-state index in [-0.39, 0.29) is 30.5 Å². The van der Waals surface area contributed by atoms with Gasteiger partial charge in [0, 0.05) is 11.5 Å². The Bertz CT molecular complexity index is 1070. The third-order valence-electron chi connectivity index (χ3n) is 4.87. The number of hydrogen-bond donors (Lipinski definition) is 0. The summed E-state index contributed by atoms with van der Waals surface area (Å²) in [4.78, 5) is 3.83. The van der Waals surface area contributed by atoms with Crippen molar-refractivity contribution in [3.05, 3.63) is 71.9 Å². The smallest absolute Gasteiger partial charge is 0.416 e. The van der Waals surface area contributed by atoms with Gasteiger partial charge in [0.15, 0.2) is 5.69 Å². The molecular weight excluding hydrogens is 422 g/mol. The van der Waals surface area contributed by atoms with Crippen LogP contribution in [-0.2, 0) is 25.7 Å². The highest BCUT2D eigenvalue weighted by molar-refractivity contribution is 5.85. The zero-order valence-corrected chi connectivity index (χ0v) is 16.5. The third kappa shape index (κ3) is 4.48. The Balaban J connectivity index is 0.00000256. The van der Waals surface area contributed by atoms with Gasteiger partial charge in [-0.25, -0.2) is 13.5 Å². The Labute approximate surface area is 176 Å². The van der Waals surface area contributed by atoms with Crippen LogP contribution in [0.2, 0.25) is 0 Å². The molecule has 0 unspecified atom stereocenters. The standard InChI is InChI=1S/C21H17F4N3O.ClH/c22-16-8-6-14(7-9-16)18-12-27(20-5-2-10-28(18)20)13-19(29)26-17-4-1-3-15(11-17)21(23,24)25;/h1,3-4,6-9,11-12H,2,5,10,13H2;1H. The number of aromatic nitrogens is 2. The number of benzene rings is 2. The zero-order chi connectivity index (χ0) is 20.6. The van der Waals surface area contributed by atoms with E-state index in [4.69, 9.17) is 0 Å². The van der Waals surface area contributed by atoms with Crippen LogP contribution in [0.1, 0.15) is 17.8 Å². The van der Waals surface area contributed by atoms with Gasteiger partial charge < -0.3 is 5.11 Å². The molecule has 9 heteroatoms. The lowest BCUT2D eigenvalue weighted by atomic mass is 10.1. The first-order valence-corrected chi connectivity index (χ1v) is 9.11. The van der Waals surface area contributed by atoms with E-state index >= 15 is 0 Å². The first-order chi connectivity index (χ1) is 13.8.